The molecule has 0 bridgehead atoms. The first-order valence-electron chi connectivity index (χ1n) is 8.63. The molecule has 0 unspecified atom stereocenters. The summed E-state index contributed by atoms with van der Waals surface area (Å²) in [4.78, 5) is 10.9. The third-order valence-electron chi connectivity index (χ3n) is 4.06. The van der Waals surface area contributed by atoms with Gasteiger partial charge in [-0.2, -0.15) is 0 Å². The number of hydrogen-bond donors (Lipinski definition) is 0. The molecule has 3 aromatic rings. The zero-order valence-corrected chi connectivity index (χ0v) is 17.3. The number of methoxy groups -OCH3 is 1. The van der Waals surface area contributed by atoms with Crippen molar-refractivity contribution in [2.75, 3.05) is 34.4 Å². The Bertz CT molecular complexity index is 864. The van der Waals surface area contributed by atoms with Gasteiger partial charge in [0.25, 0.3) is 0 Å². The van der Waals surface area contributed by atoms with E-state index < -0.39 is 0 Å². The smallest absolute Gasteiger partial charge is 0.143 e. The number of likely N-dealkylation sites (N-methyl/N-ethyl adjacent to an activating group) is 1. The van der Waals surface area contributed by atoms with Crippen molar-refractivity contribution in [1.29, 1.82) is 0 Å². The van der Waals surface area contributed by atoms with E-state index in [0.29, 0.717) is 13.3 Å². The first-order valence-corrected chi connectivity index (χ1v) is 9.42. The van der Waals surface area contributed by atoms with Gasteiger partial charge < -0.3 is 14.4 Å². The standard InChI is InChI=1S/C20H23BrN4O2/c1-24(2)12-13-27-17-6-4-16(5-7-17)20-23-19(21)18(25(20)14-26-3)15-8-10-22-11-9-15/h4-11H,12-14H2,1-3H3. The molecule has 3 rings (SSSR count). The summed E-state index contributed by atoms with van der Waals surface area (Å²) in [5.74, 6) is 1.68. The fourth-order valence-corrected chi connectivity index (χ4v) is 3.34. The molecule has 0 atom stereocenters. The van der Waals surface area contributed by atoms with Crippen molar-refractivity contribution in [3.8, 4) is 28.4 Å². The number of nitrogens with zero attached hydrogens (tertiary/aromatic N) is 4. The molecule has 0 saturated heterocycles. The molecule has 0 fully saturated rings. The summed E-state index contributed by atoms with van der Waals surface area (Å²) in [6.45, 7) is 1.93. The Hall–Kier alpha value is -2.22. The topological polar surface area (TPSA) is 52.4 Å². The average molecular weight is 431 g/mol. The minimum absolute atomic E-state index is 0.396. The fraction of sp³-hybridized carbons (Fsp3) is 0.300. The van der Waals surface area contributed by atoms with Crippen LogP contribution >= 0.6 is 15.9 Å². The van der Waals surface area contributed by atoms with Gasteiger partial charge >= 0.3 is 0 Å². The molecule has 0 amide bonds. The van der Waals surface area contributed by atoms with Crippen LogP contribution in [0.25, 0.3) is 22.6 Å². The second-order valence-corrected chi connectivity index (χ2v) is 7.08. The van der Waals surface area contributed by atoms with Crippen molar-refractivity contribution in [3.63, 3.8) is 0 Å². The van der Waals surface area contributed by atoms with Crippen LogP contribution in [0.4, 0.5) is 0 Å². The SMILES string of the molecule is COCn1c(-c2ccc(OCCN(C)C)cc2)nc(Br)c1-c1ccncc1. The molecule has 7 heteroatoms. The van der Waals surface area contributed by atoms with Gasteiger partial charge in [0.2, 0.25) is 0 Å². The number of imidazole rings is 1. The molecule has 2 aromatic heterocycles. The Labute approximate surface area is 167 Å². The predicted molar refractivity (Wildman–Crippen MR) is 110 cm³/mol. The first-order chi connectivity index (χ1) is 13.1. The lowest BCUT2D eigenvalue weighted by atomic mass is 10.2. The Morgan fingerprint density at radius 1 is 1.04 bits per heavy atom. The number of rotatable bonds is 8. The highest BCUT2D eigenvalue weighted by atomic mass is 79.9. The maximum Gasteiger partial charge on any atom is 0.143 e. The van der Waals surface area contributed by atoms with E-state index in [1.165, 1.54) is 0 Å². The predicted octanol–water partition coefficient (Wildman–Crippen LogP) is 3.92. The summed E-state index contributed by atoms with van der Waals surface area (Å²) in [5.41, 5.74) is 2.98. The Balaban J connectivity index is 1.90. The van der Waals surface area contributed by atoms with Crippen LogP contribution in [0, 0.1) is 0 Å². The average Bonchev–Trinajstić information content (AvgIpc) is 2.99. The van der Waals surface area contributed by atoms with Crippen LogP contribution in [0.15, 0.2) is 53.4 Å². The molecular formula is C20H23BrN4O2. The lowest BCUT2D eigenvalue weighted by molar-refractivity contribution is 0.133. The third kappa shape index (κ3) is 4.74. The normalized spacial score (nSPS) is 11.1. The number of ether oxygens (including phenoxy) is 2. The molecule has 6 nitrogen and oxygen atoms in total. The third-order valence-corrected chi connectivity index (χ3v) is 4.61. The number of benzene rings is 1. The summed E-state index contributed by atoms with van der Waals surface area (Å²) >= 11 is 3.60. The van der Waals surface area contributed by atoms with Crippen LogP contribution in [-0.2, 0) is 11.5 Å². The second kappa shape index (κ2) is 9.12. The minimum atomic E-state index is 0.396. The van der Waals surface area contributed by atoms with Gasteiger partial charge in [0.15, 0.2) is 0 Å². The van der Waals surface area contributed by atoms with E-state index in [0.717, 1.165) is 39.5 Å². The number of pyridine rings is 1. The van der Waals surface area contributed by atoms with Crippen molar-refractivity contribution >= 4 is 15.9 Å². The van der Waals surface area contributed by atoms with Crippen molar-refractivity contribution in [1.82, 2.24) is 19.4 Å². The van der Waals surface area contributed by atoms with Gasteiger partial charge in [-0.1, -0.05) is 0 Å². The molecule has 2 heterocycles. The van der Waals surface area contributed by atoms with Gasteiger partial charge in [-0.3, -0.25) is 9.55 Å². The zero-order chi connectivity index (χ0) is 19.2. The van der Waals surface area contributed by atoms with Gasteiger partial charge in [-0.15, -0.1) is 0 Å². The van der Waals surface area contributed by atoms with Crippen molar-refractivity contribution in [2.24, 2.45) is 0 Å². The van der Waals surface area contributed by atoms with Crippen LogP contribution in [0.2, 0.25) is 0 Å². The largest absolute Gasteiger partial charge is 0.492 e. The van der Waals surface area contributed by atoms with E-state index in [-0.39, 0.29) is 0 Å². The van der Waals surface area contributed by atoms with E-state index >= 15 is 0 Å². The van der Waals surface area contributed by atoms with Gasteiger partial charge in [0.1, 0.15) is 29.5 Å². The van der Waals surface area contributed by atoms with Crippen LogP contribution in [0.1, 0.15) is 0 Å². The molecule has 0 aliphatic rings. The summed E-state index contributed by atoms with van der Waals surface area (Å²) in [5, 5.41) is 0. The number of hydrogen-bond acceptors (Lipinski definition) is 5. The molecule has 0 spiro atoms. The summed E-state index contributed by atoms with van der Waals surface area (Å²) < 4.78 is 14.0. The van der Waals surface area contributed by atoms with Crippen molar-refractivity contribution < 1.29 is 9.47 Å². The molecular weight excluding hydrogens is 408 g/mol. The van der Waals surface area contributed by atoms with Crippen LogP contribution in [-0.4, -0.2) is 53.8 Å². The molecule has 1 aromatic carbocycles. The summed E-state index contributed by atoms with van der Waals surface area (Å²) in [6, 6.07) is 11.9. The van der Waals surface area contributed by atoms with Crippen molar-refractivity contribution in [3.05, 3.63) is 53.4 Å². The van der Waals surface area contributed by atoms with Gasteiger partial charge in [-0.25, -0.2) is 4.98 Å². The van der Waals surface area contributed by atoms with E-state index in [1.807, 2.05) is 55.1 Å². The van der Waals surface area contributed by atoms with Gasteiger partial charge in [-0.05, 0) is 66.4 Å². The van der Waals surface area contributed by atoms with E-state index in [9.17, 15) is 0 Å². The van der Waals surface area contributed by atoms with Crippen LogP contribution in [0.5, 0.6) is 5.75 Å². The minimum Gasteiger partial charge on any atom is -0.492 e. The summed E-state index contributed by atoms with van der Waals surface area (Å²) in [6.07, 6.45) is 3.54. The molecule has 142 valence electrons. The second-order valence-electron chi connectivity index (χ2n) is 6.33. The highest BCUT2D eigenvalue weighted by molar-refractivity contribution is 9.10. The number of aromatic nitrogens is 3. The lowest BCUT2D eigenvalue weighted by Crippen LogP contribution is -2.19. The molecule has 0 aliphatic carbocycles. The van der Waals surface area contributed by atoms with Gasteiger partial charge in [0, 0.05) is 37.2 Å². The van der Waals surface area contributed by atoms with Gasteiger partial charge in [0.05, 0.1) is 5.69 Å². The maximum absolute atomic E-state index is 5.77. The molecule has 0 radical (unpaired) electrons. The van der Waals surface area contributed by atoms with E-state index in [1.54, 1.807) is 19.5 Å². The molecule has 0 aliphatic heterocycles. The Morgan fingerprint density at radius 3 is 2.37 bits per heavy atom. The monoisotopic (exact) mass is 430 g/mol. The van der Waals surface area contributed by atoms with Crippen LogP contribution < -0.4 is 4.74 Å². The lowest BCUT2D eigenvalue weighted by Gasteiger charge is -2.13. The highest BCUT2D eigenvalue weighted by Crippen LogP contribution is 2.33. The van der Waals surface area contributed by atoms with E-state index in [4.69, 9.17) is 14.5 Å². The zero-order valence-electron chi connectivity index (χ0n) is 15.7. The quantitative estimate of drug-likeness (QED) is 0.541. The molecule has 27 heavy (non-hydrogen) atoms. The highest BCUT2D eigenvalue weighted by Gasteiger charge is 2.18. The first kappa shape index (κ1) is 19.5. The van der Waals surface area contributed by atoms with Crippen molar-refractivity contribution in [2.45, 2.75) is 6.73 Å². The Morgan fingerprint density at radius 2 is 1.74 bits per heavy atom. The summed E-state index contributed by atoms with van der Waals surface area (Å²) in [7, 11) is 5.73. The number of halogens is 1. The van der Waals surface area contributed by atoms with Crippen LogP contribution in [0.3, 0.4) is 0 Å². The maximum atomic E-state index is 5.77. The fourth-order valence-electron chi connectivity index (χ4n) is 2.73. The Kier molecular flexibility index (Phi) is 6.60. The van der Waals surface area contributed by atoms with E-state index in [2.05, 4.69) is 25.8 Å². The molecule has 0 N–H and O–H groups in total. The molecule has 0 saturated carbocycles.